The number of rotatable bonds is 3. The highest BCUT2D eigenvalue weighted by Gasteiger charge is 2.36. The lowest BCUT2D eigenvalue weighted by Gasteiger charge is -2.44. The molecule has 1 saturated heterocycles. The highest BCUT2D eigenvalue weighted by Crippen LogP contribution is 2.37. The SMILES string of the molecule is Cc1cc(-c2nc3ccccc3[nH]2)c(C)cc1OC1CCC2C(CCCN2C)C1. The number of para-hydroxylation sites is 2. The number of nitrogens with zero attached hydrogens (tertiary/aromatic N) is 2. The molecule has 1 aliphatic heterocycles. The molecule has 1 N–H and O–H groups in total. The summed E-state index contributed by atoms with van der Waals surface area (Å²) < 4.78 is 6.55. The summed E-state index contributed by atoms with van der Waals surface area (Å²) in [6, 6.07) is 13.4. The quantitative estimate of drug-likeness (QED) is 0.644. The van der Waals surface area contributed by atoms with Crippen molar-refractivity contribution in [2.45, 2.75) is 58.1 Å². The fourth-order valence-corrected chi connectivity index (χ4v) is 5.40. The number of aryl methyl sites for hydroxylation is 2. The number of aromatic amines is 1. The minimum Gasteiger partial charge on any atom is -0.490 e. The Morgan fingerprint density at radius 3 is 2.79 bits per heavy atom. The van der Waals surface area contributed by atoms with Gasteiger partial charge in [0.25, 0.3) is 0 Å². The maximum Gasteiger partial charge on any atom is 0.138 e. The highest BCUT2D eigenvalue weighted by molar-refractivity contribution is 5.80. The van der Waals surface area contributed by atoms with Crippen LogP contribution in [-0.2, 0) is 0 Å². The zero-order chi connectivity index (χ0) is 20.0. The van der Waals surface area contributed by atoms with Crippen LogP contribution in [-0.4, -0.2) is 40.6 Å². The lowest BCUT2D eigenvalue weighted by atomic mass is 9.77. The second kappa shape index (κ2) is 7.49. The number of aromatic nitrogens is 2. The van der Waals surface area contributed by atoms with Crippen LogP contribution >= 0.6 is 0 Å². The molecule has 1 saturated carbocycles. The minimum atomic E-state index is 0.345. The Morgan fingerprint density at radius 2 is 1.93 bits per heavy atom. The van der Waals surface area contributed by atoms with Gasteiger partial charge in [-0.25, -0.2) is 4.98 Å². The number of fused-ring (bicyclic) bond motifs is 2. The van der Waals surface area contributed by atoms with Gasteiger partial charge in [-0.05, 0) is 101 Å². The van der Waals surface area contributed by atoms with Gasteiger partial charge in [0, 0.05) is 11.6 Å². The fraction of sp³-hybridized carbons (Fsp3) is 0.480. The van der Waals surface area contributed by atoms with Gasteiger partial charge in [0.15, 0.2) is 0 Å². The van der Waals surface area contributed by atoms with E-state index in [1.165, 1.54) is 43.4 Å². The molecule has 0 amide bonds. The number of hydrogen-bond acceptors (Lipinski definition) is 3. The van der Waals surface area contributed by atoms with Gasteiger partial charge in [0.05, 0.1) is 17.1 Å². The average molecular weight is 390 g/mol. The van der Waals surface area contributed by atoms with Gasteiger partial charge in [0.2, 0.25) is 0 Å². The first-order valence-electron chi connectivity index (χ1n) is 11.0. The van der Waals surface area contributed by atoms with Crippen LogP contribution in [0.5, 0.6) is 5.75 Å². The van der Waals surface area contributed by atoms with E-state index in [2.05, 4.69) is 49.0 Å². The van der Waals surface area contributed by atoms with Gasteiger partial charge in [-0.2, -0.15) is 0 Å². The first-order chi connectivity index (χ1) is 14.1. The van der Waals surface area contributed by atoms with E-state index in [0.29, 0.717) is 6.10 Å². The molecule has 5 rings (SSSR count). The number of piperidine rings is 1. The predicted octanol–water partition coefficient (Wildman–Crippen LogP) is 5.49. The summed E-state index contributed by atoms with van der Waals surface area (Å²) in [5, 5.41) is 0. The van der Waals surface area contributed by atoms with Gasteiger partial charge in [0.1, 0.15) is 11.6 Å². The molecule has 152 valence electrons. The van der Waals surface area contributed by atoms with Crippen molar-refractivity contribution in [1.82, 2.24) is 14.9 Å². The van der Waals surface area contributed by atoms with E-state index in [0.717, 1.165) is 46.6 Å². The smallest absolute Gasteiger partial charge is 0.138 e. The standard InChI is InChI=1S/C25H31N3O/c1-16-14-24(29-19-10-11-23-18(15-19)7-6-12-28(23)3)17(2)13-20(16)25-26-21-8-4-5-9-22(21)27-25/h4-5,8-9,13-14,18-19,23H,6-7,10-12,15H2,1-3H3,(H,26,27). The summed E-state index contributed by atoms with van der Waals surface area (Å²) in [6.45, 7) is 5.57. The Labute approximate surface area is 173 Å². The van der Waals surface area contributed by atoms with Gasteiger partial charge >= 0.3 is 0 Å². The van der Waals surface area contributed by atoms with Crippen LogP contribution in [0.25, 0.3) is 22.4 Å². The fourth-order valence-electron chi connectivity index (χ4n) is 5.40. The highest BCUT2D eigenvalue weighted by atomic mass is 16.5. The predicted molar refractivity (Wildman–Crippen MR) is 118 cm³/mol. The maximum atomic E-state index is 6.55. The largest absolute Gasteiger partial charge is 0.490 e. The first kappa shape index (κ1) is 18.7. The van der Waals surface area contributed by atoms with Crippen molar-refractivity contribution in [3.8, 4) is 17.1 Å². The van der Waals surface area contributed by atoms with Gasteiger partial charge < -0.3 is 14.6 Å². The van der Waals surface area contributed by atoms with Crippen molar-refractivity contribution in [3.05, 3.63) is 47.5 Å². The van der Waals surface area contributed by atoms with Crippen molar-refractivity contribution >= 4 is 11.0 Å². The molecule has 0 bridgehead atoms. The van der Waals surface area contributed by atoms with Crippen LogP contribution in [0.1, 0.15) is 43.2 Å². The number of imidazole rings is 1. The molecular weight excluding hydrogens is 358 g/mol. The molecule has 4 nitrogen and oxygen atoms in total. The summed E-state index contributed by atoms with van der Waals surface area (Å²) in [5.74, 6) is 2.77. The normalized spacial score (nSPS) is 25.1. The van der Waals surface area contributed by atoms with Crippen LogP contribution in [0.4, 0.5) is 0 Å². The monoisotopic (exact) mass is 389 g/mol. The molecule has 0 radical (unpaired) electrons. The van der Waals surface area contributed by atoms with Gasteiger partial charge in [-0.1, -0.05) is 12.1 Å². The Morgan fingerprint density at radius 1 is 1.07 bits per heavy atom. The second-order valence-electron chi connectivity index (χ2n) is 9.04. The molecule has 0 spiro atoms. The van der Waals surface area contributed by atoms with E-state index in [1.54, 1.807) is 0 Å². The van der Waals surface area contributed by atoms with Crippen LogP contribution in [0, 0.1) is 19.8 Å². The van der Waals surface area contributed by atoms with E-state index in [1.807, 2.05) is 18.2 Å². The maximum absolute atomic E-state index is 6.55. The number of ether oxygens (including phenoxy) is 1. The van der Waals surface area contributed by atoms with Crippen molar-refractivity contribution in [1.29, 1.82) is 0 Å². The van der Waals surface area contributed by atoms with Crippen molar-refractivity contribution in [3.63, 3.8) is 0 Å². The van der Waals surface area contributed by atoms with Gasteiger partial charge in [-0.3, -0.25) is 0 Å². The molecular formula is C25H31N3O. The Hall–Kier alpha value is -2.33. The molecule has 4 heteroatoms. The molecule has 2 aromatic carbocycles. The summed E-state index contributed by atoms with van der Waals surface area (Å²) in [6.07, 6.45) is 6.65. The van der Waals surface area contributed by atoms with Crippen LogP contribution < -0.4 is 4.74 Å². The molecule has 2 aliphatic rings. The molecule has 3 unspecified atom stereocenters. The number of H-pyrrole nitrogens is 1. The Kier molecular flexibility index (Phi) is 4.83. The molecule has 29 heavy (non-hydrogen) atoms. The molecule has 3 atom stereocenters. The second-order valence-corrected chi connectivity index (χ2v) is 9.04. The summed E-state index contributed by atoms with van der Waals surface area (Å²) >= 11 is 0. The lowest BCUT2D eigenvalue weighted by molar-refractivity contribution is 0.0272. The molecule has 3 aromatic rings. The number of likely N-dealkylation sites (tertiary alicyclic amines) is 1. The van der Waals surface area contributed by atoms with E-state index in [4.69, 9.17) is 9.72 Å². The zero-order valence-electron chi connectivity index (χ0n) is 17.7. The van der Waals surface area contributed by atoms with Crippen LogP contribution in [0.15, 0.2) is 36.4 Å². The van der Waals surface area contributed by atoms with Gasteiger partial charge in [-0.15, -0.1) is 0 Å². The third-order valence-corrected chi connectivity index (χ3v) is 7.01. The number of benzene rings is 2. The minimum absolute atomic E-state index is 0.345. The zero-order valence-corrected chi connectivity index (χ0v) is 17.7. The first-order valence-corrected chi connectivity index (χ1v) is 11.0. The topological polar surface area (TPSA) is 41.1 Å². The molecule has 1 aliphatic carbocycles. The van der Waals surface area contributed by atoms with Crippen molar-refractivity contribution in [2.75, 3.05) is 13.6 Å². The van der Waals surface area contributed by atoms with Crippen LogP contribution in [0.2, 0.25) is 0 Å². The lowest BCUT2D eigenvalue weighted by Crippen LogP contribution is -2.47. The van der Waals surface area contributed by atoms with E-state index in [9.17, 15) is 0 Å². The third-order valence-electron chi connectivity index (χ3n) is 7.01. The molecule has 1 aromatic heterocycles. The summed E-state index contributed by atoms with van der Waals surface area (Å²) in [4.78, 5) is 10.8. The summed E-state index contributed by atoms with van der Waals surface area (Å²) in [7, 11) is 2.29. The molecule has 2 heterocycles. The number of nitrogens with one attached hydrogen (secondary N) is 1. The third kappa shape index (κ3) is 3.55. The Balaban J connectivity index is 1.36. The van der Waals surface area contributed by atoms with E-state index < -0.39 is 0 Å². The van der Waals surface area contributed by atoms with Crippen molar-refractivity contribution < 1.29 is 4.74 Å². The summed E-state index contributed by atoms with van der Waals surface area (Å²) in [5.41, 5.74) is 5.64. The number of hydrogen-bond donors (Lipinski definition) is 1. The average Bonchev–Trinajstić information content (AvgIpc) is 3.14. The van der Waals surface area contributed by atoms with Crippen molar-refractivity contribution in [2.24, 2.45) is 5.92 Å². The van der Waals surface area contributed by atoms with E-state index >= 15 is 0 Å². The molecule has 2 fully saturated rings. The van der Waals surface area contributed by atoms with E-state index in [-0.39, 0.29) is 0 Å². The Bertz CT molecular complexity index is 991. The van der Waals surface area contributed by atoms with Crippen LogP contribution in [0.3, 0.4) is 0 Å².